The topological polar surface area (TPSA) is 43.9 Å². The second kappa shape index (κ2) is 7.15. The lowest BCUT2D eigenvalue weighted by molar-refractivity contribution is -0.139. The van der Waals surface area contributed by atoms with E-state index in [0.29, 0.717) is 11.6 Å². The Morgan fingerprint density at radius 2 is 1.82 bits per heavy atom. The fraction of sp³-hybridized carbons (Fsp3) is 0.500. The summed E-state index contributed by atoms with van der Waals surface area (Å²) in [7, 11) is 0. The number of thioether (sulfide) groups is 1. The van der Waals surface area contributed by atoms with Crippen molar-refractivity contribution in [2.45, 2.75) is 6.54 Å². The summed E-state index contributed by atoms with van der Waals surface area (Å²) in [4.78, 5) is 29.8. The van der Waals surface area contributed by atoms with Gasteiger partial charge in [-0.05, 0) is 5.56 Å². The summed E-state index contributed by atoms with van der Waals surface area (Å²) in [6.45, 7) is 4.46. The van der Waals surface area contributed by atoms with Gasteiger partial charge in [0.25, 0.3) is 0 Å². The van der Waals surface area contributed by atoms with Gasteiger partial charge in [-0.15, -0.1) is 11.8 Å². The second-order valence-electron chi connectivity index (χ2n) is 5.71. The molecule has 6 heteroatoms. The minimum absolute atomic E-state index is 0.0789. The Labute approximate surface area is 135 Å². The van der Waals surface area contributed by atoms with Crippen LogP contribution in [-0.4, -0.2) is 70.9 Å². The first kappa shape index (κ1) is 15.4. The third-order valence-electron chi connectivity index (χ3n) is 4.13. The maximum absolute atomic E-state index is 12.3. The van der Waals surface area contributed by atoms with Gasteiger partial charge >= 0.3 is 0 Å². The number of rotatable bonds is 4. The van der Waals surface area contributed by atoms with E-state index >= 15 is 0 Å². The fourth-order valence-electron chi connectivity index (χ4n) is 2.80. The van der Waals surface area contributed by atoms with E-state index in [9.17, 15) is 9.59 Å². The number of hydrogen-bond acceptors (Lipinski definition) is 4. The number of carbonyl (C=O) groups excluding carboxylic acids is 2. The minimum Gasteiger partial charge on any atom is -0.339 e. The normalized spacial score (nSPS) is 19.7. The number of amides is 2. The van der Waals surface area contributed by atoms with E-state index in [2.05, 4.69) is 29.2 Å². The van der Waals surface area contributed by atoms with E-state index in [-0.39, 0.29) is 18.4 Å². The van der Waals surface area contributed by atoms with E-state index in [1.165, 1.54) is 5.56 Å². The Bertz CT molecular complexity index is 529. The molecular formula is C16H21N3O2S. The predicted molar refractivity (Wildman–Crippen MR) is 87.3 cm³/mol. The van der Waals surface area contributed by atoms with Crippen molar-refractivity contribution in [3.05, 3.63) is 35.9 Å². The largest absolute Gasteiger partial charge is 0.339 e. The highest BCUT2D eigenvalue weighted by Gasteiger charge is 2.27. The summed E-state index contributed by atoms with van der Waals surface area (Å²) >= 11 is 1.58. The van der Waals surface area contributed by atoms with Crippen molar-refractivity contribution in [2.24, 2.45) is 0 Å². The van der Waals surface area contributed by atoms with Crippen LogP contribution in [0.25, 0.3) is 0 Å². The zero-order chi connectivity index (χ0) is 15.4. The molecule has 0 atom stereocenters. The zero-order valence-corrected chi connectivity index (χ0v) is 13.4. The van der Waals surface area contributed by atoms with E-state index in [4.69, 9.17) is 0 Å². The molecule has 0 N–H and O–H groups in total. The van der Waals surface area contributed by atoms with Crippen LogP contribution in [0.5, 0.6) is 0 Å². The highest BCUT2D eigenvalue weighted by Crippen LogP contribution is 2.15. The quantitative estimate of drug-likeness (QED) is 0.826. The van der Waals surface area contributed by atoms with Crippen molar-refractivity contribution >= 4 is 23.6 Å². The van der Waals surface area contributed by atoms with Gasteiger partial charge in [-0.2, -0.15) is 0 Å². The highest BCUT2D eigenvalue weighted by molar-refractivity contribution is 8.00. The summed E-state index contributed by atoms with van der Waals surface area (Å²) in [6.07, 6.45) is 0. The van der Waals surface area contributed by atoms with E-state index in [1.807, 2.05) is 11.0 Å². The summed E-state index contributed by atoms with van der Waals surface area (Å²) in [5.41, 5.74) is 1.31. The SMILES string of the molecule is O=C(CN1CSCC1=O)N1CCN(Cc2ccccc2)CC1. The molecule has 0 aliphatic carbocycles. The van der Waals surface area contributed by atoms with Crippen LogP contribution >= 0.6 is 11.8 Å². The lowest BCUT2D eigenvalue weighted by atomic mass is 10.2. The van der Waals surface area contributed by atoms with Crippen LogP contribution in [0.2, 0.25) is 0 Å². The number of nitrogens with zero attached hydrogens (tertiary/aromatic N) is 3. The van der Waals surface area contributed by atoms with Crippen LogP contribution in [0.3, 0.4) is 0 Å². The average Bonchev–Trinajstić information content (AvgIpc) is 2.94. The maximum atomic E-state index is 12.3. The number of hydrogen-bond donors (Lipinski definition) is 0. The van der Waals surface area contributed by atoms with Gasteiger partial charge in [0, 0.05) is 32.7 Å². The Morgan fingerprint density at radius 3 is 2.45 bits per heavy atom. The van der Waals surface area contributed by atoms with E-state index in [1.54, 1.807) is 16.7 Å². The van der Waals surface area contributed by atoms with Gasteiger partial charge in [-0.25, -0.2) is 0 Å². The van der Waals surface area contributed by atoms with Gasteiger partial charge in [0.05, 0.1) is 11.6 Å². The Kier molecular flexibility index (Phi) is 5.00. The lowest BCUT2D eigenvalue weighted by Gasteiger charge is -2.35. The highest BCUT2D eigenvalue weighted by atomic mass is 32.2. The molecule has 118 valence electrons. The molecule has 2 fully saturated rings. The Hall–Kier alpha value is -1.53. The van der Waals surface area contributed by atoms with Gasteiger partial charge in [0.15, 0.2) is 0 Å². The molecule has 0 aromatic heterocycles. The van der Waals surface area contributed by atoms with Gasteiger partial charge in [-0.1, -0.05) is 30.3 Å². The smallest absolute Gasteiger partial charge is 0.242 e. The first-order chi connectivity index (χ1) is 10.7. The first-order valence-corrected chi connectivity index (χ1v) is 8.77. The molecule has 0 bridgehead atoms. The van der Waals surface area contributed by atoms with Gasteiger partial charge < -0.3 is 9.80 Å². The molecule has 22 heavy (non-hydrogen) atoms. The van der Waals surface area contributed by atoms with Crippen LogP contribution in [0.15, 0.2) is 30.3 Å². The first-order valence-electron chi connectivity index (χ1n) is 7.62. The molecule has 0 spiro atoms. The van der Waals surface area contributed by atoms with Crippen LogP contribution in [-0.2, 0) is 16.1 Å². The molecular weight excluding hydrogens is 298 g/mol. The van der Waals surface area contributed by atoms with Gasteiger partial charge in [0.2, 0.25) is 11.8 Å². The monoisotopic (exact) mass is 319 g/mol. The molecule has 2 amide bonds. The van der Waals surface area contributed by atoms with Gasteiger partial charge in [0.1, 0.15) is 6.54 Å². The van der Waals surface area contributed by atoms with Crippen LogP contribution in [0, 0.1) is 0 Å². The van der Waals surface area contributed by atoms with Crippen molar-refractivity contribution in [1.82, 2.24) is 14.7 Å². The molecule has 2 heterocycles. The van der Waals surface area contributed by atoms with Crippen molar-refractivity contribution < 1.29 is 9.59 Å². The molecule has 0 saturated carbocycles. The molecule has 3 rings (SSSR count). The molecule has 2 aliphatic rings. The standard InChI is InChI=1S/C16H21N3O2S/c20-15(11-19-13-22-12-16(19)21)18-8-6-17(7-9-18)10-14-4-2-1-3-5-14/h1-5H,6-13H2. The van der Waals surface area contributed by atoms with E-state index < -0.39 is 0 Å². The molecule has 0 unspecified atom stereocenters. The van der Waals surface area contributed by atoms with Crippen molar-refractivity contribution in [1.29, 1.82) is 0 Å². The molecule has 1 aromatic carbocycles. The van der Waals surface area contributed by atoms with Crippen LogP contribution in [0.1, 0.15) is 5.56 Å². The predicted octanol–water partition coefficient (Wildman–Crippen LogP) is 0.864. The number of benzene rings is 1. The van der Waals surface area contributed by atoms with Crippen LogP contribution < -0.4 is 0 Å². The third-order valence-corrected chi connectivity index (χ3v) is 5.07. The third kappa shape index (κ3) is 3.81. The molecule has 1 aromatic rings. The number of piperazine rings is 1. The maximum Gasteiger partial charge on any atom is 0.242 e. The average molecular weight is 319 g/mol. The second-order valence-corrected chi connectivity index (χ2v) is 6.67. The summed E-state index contributed by atoms with van der Waals surface area (Å²) in [5, 5.41) is 0. The Morgan fingerprint density at radius 1 is 1.09 bits per heavy atom. The van der Waals surface area contributed by atoms with Crippen molar-refractivity contribution in [2.75, 3.05) is 44.4 Å². The molecule has 2 saturated heterocycles. The molecule has 5 nitrogen and oxygen atoms in total. The number of carbonyl (C=O) groups is 2. The zero-order valence-electron chi connectivity index (χ0n) is 12.6. The summed E-state index contributed by atoms with van der Waals surface area (Å²) in [5.74, 6) is 1.33. The lowest BCUT2D eigenvalue weighted by Crippen LogP contribution is -2.51. The Balaban J connectivity index is 1.45. The minimum atomic E-state index is 0.0789. The van der Waals surface area contributed by atoms with E-state index in [0.717, 1.165) is 32.7 Å². The van der Waals surface area contributed by atoms with Crippen LogP contribution in [0.4, 0.5) is 0 Å². The molecule has 0 radical (unpaired) electrons. The van der Waals surface area contributed by atoms with Gasteiger partial charge in [-0.3, -0.25) is 14.5 Å². The summed E-state index contributed by atoms with van der Waals surface area (Å²) < 4.78 is 0. The van der Waals surface area contributed by atoms with Crippen molar-refractivity contribution in [3.63, 3.8) is 0 Å². The fourth-order valence-corrected chi connectivity index (χ4v) is 3.70. The van der Waals surface area contributed by atoms with Crippen molar-refractivity contribution in [3.8, 4) is 0 Å². The molecule has 2 aliphatic heterocycles. The summed E-state index contributed by atoms with van der Waals surface area (Å²) in [6, 6.07) is 10.4.